The van der Waals surface area contributed by atoms with Gasteiger partial charge in [0.15, 0.2) is 0 Å². The standard InChI is InChI=1S/C11H22N2O/c1-10(2)7-12-3-5-13(6-4-12)11-8-14-9-11/h10-11H,3-9H2,1-2H3. The Labute approximate surface area is 87.0 Å². The largest absolute Gasteiger partial charge is 0.378 e. The average molecular weight is 198 g/mol. The summed E-state index contributed by atoms with van der Waals surface area (Å²) in [7, 11) is 0. The van der Waals surface area contributed by atoms with Crippen LogP contribution in [0.15, 0.2) is 0 Å². The van der Waals surface area contributed by atoms with Gasteiger partial charge in [0.2, 0.25) is 0 Å². The Bertz CT molecular complexity index is 172. The molecule has 0 N–H and O–H groups in total. The Kier molecular flexibility index (Phi) is 3.42. The summed E-state index contributed by atoms with van der Waals surface area (Å²) < 4.78 is 5.22. The number of ether oxygens (including phenoxy) is 1. The van der Waals surface area contributed by atoms with E-state index in [0.29, 0.717) is 0 Å². The first-order chi connectivity index (χ1) is 6.75. The fourth-order valence-corrected chi connectivity index (χ4v) is 2.26. The molecule has 14 heavy (non-hydrogen) atoms. The van der Waals surface area contributed by atoms with E-state index in [1.165, 1.54) is 32.7 Å². The maximum Gasteiger partial charge on any atom is 0.0645 e. The van der Waals surface area contributed by atoms with Crippen LogP contribution in [0.4, 0.5) is 0 Å². The Balaban J connectivity index is 1.69. The molecule has 0 aliphatic carbocycles. The van der Waals surface area contributed by atoms with Crippen LogP contribution in [0.25, 0.3) is 0 Å². The molecule has 2 rings (SSSR count). The molecule has 2 fully saturated rings. The molecule has 0 amide bonds. The first-order valence-corrected chi connectivity index (χ1v) is 5.80. The van der Waals surface area contributed by atoms with Crippen LogP contribution in [-0.4, -0.2) is 61.8 Å². The molecular weight excluding hydrogens is 176 g/mol. The van der Waals surface area contributed by atoms with Crippen molar-refractivity contribution >= 4 is 0 Å². The molecule has 2 aliphatic heterocycles. The summed E-state index contributed by atoms with van der Waals surface area (Å²) in [6, 6.07) is 0.733. The first-order valence-electron chi connectivity index (χ1n) is 5.80. The molecule has 0 aromatic rings. The van der Waals surface area contributed by atoms with Crippen molar-refractivity contribution < 1.29 is 4.74 Å². The summed E-state index contributed by atoms with van der Waals surface area (Å²) in [6.07, 6.45) is 0. The second kappa shape index (κ2) is 4.60. The van der Waals surface area contributed by atoms with Gasteiger partial charge in [0.05, 0.1) is 19.3 Å². The molecule has 3 heteroatoms. The minimum atomic E-state index is 0.733. The van der Waals surface area contributed by atoms with Crippen molar-refractivity contribution in [3.63, 3.8) is 0 Å². The van der Waals surface area contributed by atoms with Gasteiger partial charge < -0.3 is 9.64 Å². The van der Waals surface area contributed by atoms with Crippen LogP contribution in [0.1, 0.15) is 13.8 Å². The lowest BCUT2D eigenvalue weighted by Crippen LogP contribution is -2.56. The van der Waals surface area contributed by atoms with E-state index in [0.717, 1.165) is 25.2 Å². The Hall–Kier alpha value is -0.120. The number of hydrogen-bond acceptors (Lipinski definition) is 3. The van der Waals surface area contributed by atoms with Crippen molar-refractivity contribution in [3.8, 4) is 0 Å². The van der Waals surface area contributed by atoms with Gasteiger partial charge in [0, 0.05) is 32.7 Å². The molecule has 0 aromatic heterocycles. The second-order valence-electron chi connectivity index (χ2n) is 4.92. The molecule has 2 saturated heterocycles. The summed E-state index contributed by atoms with van der Waals surface area (Å²) in [5.41, 5.74) is 0. The highest BCUT2D eigenvalue weighted by molar-refractivity contribution is 4.82. The summed E-state index contributed by atoms with van der Waals surface area (Å²) in [4.78, 5) is 5.17. The lowest BCUT2D eigenvalue weighted by molar-refractivity contribution is -0.0773. The Morgan fingerprint density at radius 3 is 2.21 bits per heavy atom. The third-order valence-electron chi connectivity index (χ3n) is 3.17. The van der Waals surface area contributed by atoms with E-state index in [4.69, 9.17) is 4.74 Å². The van der Waals surface area contributed by atoms with Gasteiger partial charge in [0.1, 0.15) is 0 Å². The van der Waals surface area contributed by atoms with E-state index in [1.807, 2.05) is 0 Å². The molecule has 0 atom stereocenters. The van der Waals surface area contributed by atoms with Gasteiger partial charge in [-0.2, -0.15) is 0 Å². The van der Waals surface area contributed by atoms with Gasteiger partial charge in [-0.25, -0.2) is 0 Å². The van der Waals surface area contributed by atoms with Crippen LogP contribution in [0, 0.1) is 5.92 Å². The lowest BCUT2D eigenvalue weighted by Gasteiger charge is -2.42. The quantitative estimate of drug-likeness (QED) is 0.662. The van der Waals surface area contributed by atoms with E-state index in [2.05, 4.69) is 23.6 Å². The van der Waals surface area contributed by atoms with E-state index < -0.39 is 0 Å². The fraction of sp³-hybridized carbons (Fsp3) is 1.00. The highest BCUT2D eigenvalue weighted by Crippen LogP contribution is 2.13. The average Bonchev–Trinajstić information content (AvgIpc) is 2.04. The maximum atomic E-state index is 5.22. The Morgan fingerprint density at radius 1 is 1.14 bits per heavy atom. The summed E-state index contributed by atoms with van der Waals surface area (Å²) in [6.45, 7) is 12.7. The zero-order chi connectivity index (χ0) is 9.97. The fourth-order valence-electron chi connectivity index (χ4n) is 2.26. The van der Waals surface area contributed by atoms with Crippen LogP contribution in [0.3, 0.4) is 0 Å². The molecule has 0 bridgehead atoms. The van der Waals surface area contributed by atoms with Gasteiger partial charge in [-0.3, -0.25) is 4.90 Å². The predicted octanol–water partition coefficient (Wildman–Crippen LogP) is 0.659. The van der Waals surface area contributed by atoms with Gasteiger partial charge in [-0.15, -0.1) is 0 Å². The molecule has 82 valence electrons. The minimum absolute atomic E-state index is 0.733. The maximum absolute atomic E-state index is 5.22. The van der Waals surface area contributed by atoms with Crippen LogP contribution in [-0.2, 0) is 4.74 Å². The molecule has 3 nitrogen and oxygen atoms in total. The van der Waals surface area contributed by atoms with Gasteiger partial charge in [0.25, 0.3) is 0 Å². The lowest BCUT2D eigenvalue weighted by atomic mass is 10.1. The van der Waals surface area contributed by atoms with Crippen LogP contribution in [0.5, 0.6) is 0 Å². The first kappa shape index (κ1) is 10.4. The molecule has 2 heterocycles. The normalized spacial score (nSPS) is 26.8. The van der Waals surface area contributed by atoms with E-state index >= 15 is 0 Å². The van der Waals surface area contributed by atoms with Crippen molar-refractivity contribution in [1.29, 1.82) is 0 Å². The molecular formula is C11H22N2O. The second-order valence-corrected chi connectivity index (χ2v) is 4.92. The molecule has 0 spiro atoms. The van der Waals surface area contributed by atoms with E-state index in [9.17, 15) is 0 Å². The van der Waals surface area contributed by atoms with Crippen molar-refractivity contribution in [3.05, 3.63) is 0 Å². The van der Waals surface area contributed by atoms with Crippen LogP contribution < -0.4 is 0 Å². The van der Waals surface area contributed by atoms with Crippen molar-refractivity contribution in [2.24, 2.45) is 5.92 Å². The third kappa shape index (κ3) is 2.47. The summed E-state index contributed by atoms with van der Waals surface area (Å²) in [5, 5.41) is 0. The van der Waals surface area contributed by atoms with Crippen LogP contribution >= 0.6 is 0 Å². The Morgan fingerprint density at radius 2 is 1.79 bits per heavy atom. The predicted molar refractivity (Wildman–Crippen MR) is 57.5 cm³/mol. The monoisotopic (exact) mass is 198 g/mol. The van der Waals surface area contributed by atoms with Crippen molar-refractivity contribution in [2.75, 3.05) is 45.9 Å². The van der Waals surface area contributed by atoms with Crippen LogP contribution in [0.2, 0.25) is 0 Å². The van der Waals surface area contributed by atoms with Gasteiger partial charge in [-0.1, -0.05) is 13.8 Å². The summed E-state index contributed by atoms with van der Waals surface area (Å²) >= 11 is 0. The number of nitrogens with zero attached hydrogens (tertiary/aromatic N) is 2. The number of rotatable bonds is 3. The van der Waals surface area contributed by atoms with E-state index in [1.54, 1.807) is 0 Å². The zero-order valence-electron chi connectivity index (χ0n) is 9.41. The van der Waals surface area contributed by atoms with E-state index in [-0.39, 0.29) is 0 Å². The number of piperazine rings is 1. The smallest absolute Gasteiger partial charge is 0.0645 e. The van der Waals surface area contributed by atoms with Crippen molar-refractivity contribution in [2.45, 2.75) is 19.9 Å². The molecule has 2 aliphatic rings. The third-order valence-corrected chi connectivity index (χ3v) is 3.17. The highest BCUT2D eigenvalue weighted by Gasteiger charge is 2.28. The topological polar surface area (TPSA) is 15.7 Å². The highest BCUT2D eigenvalue weighted by atomic mass is 16.5. The summed E-state index contributed by atoms with van der Waals surface area (Å²) in [5.74, 6) is 0.800. The molecule has 0 aromatic carbocycles. The molecule has 0 saturated carbocycles. The number of hydrogen-bond donors (Lipinski definition) is 0. The van der Waals surface area contributed by atoms with Crippen molar-refractivity contribution in [1.82, 2.24) is 9.80 Å². The zero-order valence-corrected chi connectivity index (χ0v) is 9.41. The van der Waals surface area contributed by atoms with Gasteiger partial charge in [-0.05, 0) is 5.92 Å². The van der Waals surface area contributed by atoms with Gasteiger partial charge >= 0.3 is 0 Å². The minimum Gasteiger partial charge on any atom is -0.378 e. The molecule has 0 radical (unpaired) electrons. The SMILES string of the molecule is CC(C)CN1CCN(C2COC2)CC1. The molecule has 0 unspecified atom stereocenters.